The molecule has 3 aliphatic rings. The zero-order chi connectivity index (χ0) is 27.2. The molecule has 2 aliphatic carbocycles. The number of benzene rings is 1. The van der Waals surface area contributed by atoms with Crippen LogP contribution in [-0.4, -0.2) is 63.9 Å². The third kappa shape index (κ3) is 7.00. The van der Waals surface area contributed by atoms with Crippen LogP contribution < -0.4 is 5.32 Å². The highest BCUT2D eigenvalue weighted by Gasteiger charge is 2.44. The molecule has 2 atom stereocenters. The number of rotatable bonds is 9. The normalized spacial score (nSPS) is 21.5. The summed E-state index contributed by atoms with van der Waals surface area (Å²) in [6, 6.07) is 3.98. The fourth-order valence-electron chi connectivity index (χ4n) is 6.27. The van der Waals surface area contributed by atoms with Crippen molar-refractivity contribution in [1.29, 1.82) is 0 Å². The molecule has 2 saturated carbocycles. The van der Waals surface area contributed by atoms with E-state index >= 15 is 0 Å². The molecule has 3 fully saturated rings. The van der Waals surface area contributed by atoms with Crippen LogP contribution in [0.25, 0.3) is 0 Å². The van der Waals surface area contributed by atoms with Gasteiger partial charge in [0.05, 0.1) is 16.5 Å². The van der Waals surface area contributed by atoms with Crippen molar-refractivity contribution in [3.05, 3.63) is 33.8 Å². The average Bonchev–Trinajstić information content (AvgIpc) is 3.59. The molecule has 3 amide bonds. The van der Waals surface area contributed by atoms with E-state index in [1.165, 1.54) is 34.8 Å². The Kier molecular flexibility index (Phi) is 9.93. The van der Waals surface area contributed by atoms with Crippen molar-refractivity contribution in [2.24, 2.45) is 11.8 Å². The lowest BCUT2D eigenvalue weighted by atomic mass is 9.82. The highest BCUT2D eigenvalue weighted by Crippen LogP contribution is 2.31. The molecule has 0 bridgehead atoms. The van der Waals surface area contributed by atoms with E-state index in [0.29, 0.717) is 17.4 Å². The number of hydrogen-bond acceptors (Lipinski definition) is 4. The van der Waals surface area contributed by atoms with Crippen LogP contribution in [0, 0.1) is 11.8 Å². The van der Waals surface area contributed by atoms with E-state index in [-0.39, 0.29) is 41.9 Å². The van der Waals surface area contributed by atoms with Gasteiger partial charge < -0.3 is 20.2 Å². The maximum Gasteiger partial charge on any atom is 0.305 e. The minimum absolute atomic E-state index is 0.0518. The Morgan fingerprint density at radius 2 is 1.58 bits per heavy atom. The van der Waals surface area contributed by atoms with Crippen molar-refractivity contribution in [3.63, 3.8) is 0 Å². The van der Waals surface area contributed by atoms with Gasteiger partial charge in [-0.3, -0.25) is 19.2 Å². The van der Waals surface area contributed by atoms with E-state index in [9.17, 15) is 24.3 Å². The monoisotopic (exact) mass is 565 g/mol. The van der Waals surface area contributed by atoms with Crippen LogP contribution in [0.3, 0.4) is 0 Å². The summed E-state index contributed by atoms with van der Waals surface area (Å²) in [7, 11) is 0. The number of nitrogens with one attached hydrogen (secondary N) is 1. The Balaban J connectivity index is 1.55. The lowest BCUT2D eigenvalue weighted by Crippen LogP contribution is -2.57. The molecule has 1 aliphatic heterocycles. The molecule has 1 aromatic carbocycles. The van der Waals surface area contributed by atoms with Crippen molar-refractivity contribution in [3.8, 4) is 0 Å². The standard InChI is InChI=1S/C28H37Cl2N3O5/c29-21-12-11-20(16-22(21)30)28(38)33-15-14-32(24(34)13-10-18-6-4-5-7-18)27(33)26(37)31-23(17-25(35)36)19-8-2-1-3-9-19/h11-12,16,18-19,23,27H,1-10,13-15,17H2,(H,31,37)(H,35,36). The van der Waals surface area contributed by atoms with Gasteiger partial charge in [0.15, 0.2) is 6.17 Å². The number of carboxylic acid groups (broad SMARTS) is 1. The van der Waals surface area contributed by atoms with E-state index in [0.717, 1.165) is 51.4 Å². The second-order valence-corrected chi connectivity index (χ2v) is 11.7. The SMILES string of the molecule is O=C(O)CC(NC(=O)C1N(C(=O)CCC2CCCC2)CCN1C(=O)c1ccc(Cl)c(Cl)c1)C1CCCCC1. The predicted molar refractivity (Wildman–Crippen MR) is 145 cm³/mol. The first-order valence-corrected chi connectivity index (χ1v) is 14.6. The van der Waals surface area contributed by atoms with Gasteiger partial charge >= 0.3 is 5.97 Å². The fourth-order valence-corrected chi connectivity index (χ4v) is 6.57. The molecule has 2 N–H and O–H groups in total. The van der Waals surface area contributed by atoms with Crippen molar-refractivity contribution >= 4 is 46.9 Å². The molecule has 1 heterocycles. The summed E-state index contributed by atoms with van der Waals surface area (Å²) in [6.45, 7) is 0.432. The zero-order valence-electron chi connectivity index (χ0n) is 21.7. The van der Waals surface area contributed by atoms with Crippen LogP contribution in [0.4, 0.5) is 0 Å². The molecule has 8 nitrogen and oxygen atoms in total. The van der Waals surface area contributed by atoms with Crippen LogP contribution >= 0.6 is 23.2 Å². The Bertz CT molecular complexity index is 1040. The summed E-state index contributed by atoms with van der Waals surface area (Å²) in [5, 5.41) is 13.0. The second kappa shape index (κ2) is 13.2. The second-order valence-electron chi connectivity index (χ2n) is 10.9. The topological polar surface area (TPSA) is 107 Å². The summed E-state index contributed by atoms with van der Waals surface area (Å²) >= 11 is 12.2. The van der Waals surface area contributed by atoms with Crippen molar-refractivity contribution in [2.75, 3.05) is 13.1 Å². The van der Waals surface area contributed by atoms with Crippen LogP contribution in [0.2, 0.25) is 10.0 Å². The van der Waals surface area contributed by atoms with Gasteiger partial charge in [0.1, 0.15) is 0 Å². The highest BCUT2D eigenvalue weighted by molar-refractivity contribution is 6.42. The van der Waals surface area contributed by atoms with E-state index in [4.69, 9.17) is 23.2 Å². The maximum atomic E-state index is 13.8. The number of aliphatic carboxylic acids is 1. The van der Waals surface area contributed by atoms with Gasteiger partial charge in [-0.05, 0) is 49.3 Å². The molecule has 0 radical (unpaired) electrons. The smallest absolute Gasteiger partial charge is 0.305 e. The highest BCUT2D eigenvalue weighted by atomic mass is 35.5. The largest absolute Gasteiger partial charge is 0.481 e. The zero-order valence-corrected chi connectivity index (χ0v) is 23.2. The number of carbonyl (C=O) groups is 4. The Hall–Kier alpha value is -2.32. The van der Waals surface area contributed by atoms with Crippen LogP contribution in [0.1, 0.15) is 87.4 Å². The summed E-state index contributed by atoms with van der Waals surface area (Å²) in [5.41, 5.74) is 0.270. The quantitative estimate of drug-likeness (QED) is 0.432. The summed E-state index contributed by atoms with van der Waals surface area (Å²) in [4.78, 5) is 55.2. The number of amides is 3. The van der Waals surface area contributed by atoms with Crippen LogP contribution in [0.15, 0.2) is 18.2 Å². The van der Waals surface area contributed by atoms with Gasteiger partial charge in [-0.15, -0.1) is 0 Å². The fraction of sp³-hybridized carbons (Fsp3) is 0.643. The molecule has 208 valence electrons. The molecule has 1 aromatic rings. The predicted octanol–water partition coefficient (Wildman–Crippen LogP) is 5.11. The molecular formula is C28H37Cl2N3O5. The van der Waals surface area contributed by atoms with Gasteiger partial charge in [0.25, 0.3) is 11.8 Å². The first-order chi connectivity index (χ1) is 18.2. The molecular weight excluding hydrogens is 529 g/mol. The maximum absolute atomic E-state index is 13.8. The number of carbonyl (C=O) groups excluding carboxylic acids is 3. The molecule has 2 unspecified atom stereocenters. The number of nitrogens with zero attached hydrogens (tertiary/aromatic N) is 2. The number of halogens is 2. The number of hydrogen-bond donors (Lipinski definition) is 2. The molecule has 0 aromatic heterocycles. The third-order valence-corrected chi connectivity index (χ3v) is 9.08. The van der Waals surface area contributed by atoms with Crippen LogP contribution in [-0.2, 0) is 14.4 Å². The Morgan fingerprint density at radius 3 is 2.24 bits per heavy atom. The van der Waals surface area contributed by atoms with Gasteiger partial charge in [0.2, 0.25) is 5.91 Å². The first-order valence-electron chi connectivity index (χ1n) is 13.8. The van der Waals surface area contributed by atoms with Gasteiger partial charge in [-0.2, -0.15) is 0 Å². The molecule has 4 rings (SSSR count). The molecule has 38 heavy (non-hydrogen) atoms. The third-order valence-electron chi connectivity index (χ3n) is 8.34. The van der Waals surface area contributed by atoms with E-state index in [2.05, 4.69) is 5.32 Å². The lowest BCUT2D eigenvalue weighted by Gasteiger charge is -2.34. The van der Waals surface area contributed by atoms with E-state index < -0.39 is 30.0 Å². The molecule has 10 heteroatoms. The van der Waals surface area contributed by atoms with Crippen LogP contribution in [0.5, 0.6) is 0 Å². The lowest BCUT2D eigenvalue weighted by molar-refractivity contribution is -0.143. The molecule has 1 saturated heterocycles. The minimum Gasteiger partial charge on any atom is -0.481 e. The average molecular weight is 567 g/mol. The van der Waals surface area contributed by atoms with Crippen molar-refractivity contribution < 1.29 is 24.3 Å². The summed E-state index contributed by atoms with van der Waals surface area (Å²) in [6.07, 6.45) is 9.15. The van der Waals surface area contributed by atoms with Crippen molar-refractivity contribution in [1.82, 2.24) is 15.1 Å². The van der Waals surface area contributed by atoms with Gasteiger partial charge in [0, 0.05) is 31.1 Å². The van der Waals surface area contributed by atoms with E-state index in [1.807, 2.05) is 0 Å². The van der Waals surface area contributed by atoms with Gasteiger partial charge in [-0.25, -0.2) is 0 Å². The van der Waals surface area contributed by atoms with Crippen molar-refractivity contribution in [2.45, 2.75) is 89.3 Å². The van der Waals surface area contributed by atoms with E-state index in [1.54, 1.807) is 6.07 Å². The molecule has 0 spiro atoms. The van der Waals surface area contributed by atoms with Gasteiger partial charge in [-0.1, -0.05) is 68.1 Å². The minimum atomic E-state index is -1.15. The Labute approximate surface area is 234 Å². The number of carboxylic acids is 1. The summed E-state index contributed by atoms with van der Waals surface area (Å²) in [5.74, 6) is -1.51. The summed E-state index contributed by atoms with van der Waals surface area (Å²) < 4.78 is 0. The Morgan fingerprint density at radius 1 is 0.921 bits per heavy atom. The first kappa shape index (κ1) is 28.7.